The molecule has 2 nitrogen and oxygen atoms in total. The number of hydrogen-bond donors (Lipinski definition) is 1. The minimum atomic E-state index is -0.802. The molecule has 0 spiro atoms. The van der Waals surface area contributed by atoms with E-state index in [2.05, 4.69) is 5.32 Å². The third-order valence-corrected chi connectivity index (χ3v) is 4.11. The molecule has 0 fully saturated rings. The van der Waals surface area contributed by atoms with E-state index in [1.165, 1.54) is 0 Å². The minimum Gasteiger partial charge on any atom is -0.325 e. The molecule has 0 radical (unpaired) electrons. The van der Waals surface area contributed by atoms with Crippen molar-refractivity contribution in [1.29, 1.82) is 0 Å². The van der Waals surface area contributed by atoms with E-state index in [9.17, 15) is 13.6 Å². The van der Waals surface area contributed by atoms with Gasteiger partial charge in [-0.1, -0.05) is 11.6 Å². The van der Waals surface area contributed by atoms with Gasteiger partial charge in [0.05, 0.1) is 11.8 Å². The highest BCUT2D eigenvalue weighted by molar-refractivity contribution is 6.33. The zero-order valence-electron chi connectivity index (χ0n) is 10.6. The Hall–Kier alpha value is -1.65. The van der Waals surface area contributed by atoms with Crippen molar-refractivity contribution in [2.45, 2.75) is 11.8 Å². The summed E-state index contributed by atoms with van der Waals surface area (Å²) in [6.07, 6.45) is 0.237. The van der Waals surface area contributed by atoms with E-state index >= 15 is 0 Å². The van der Waals surface area contributed by atoms with Gasteiger partial charge in [0.15, 0.2) is 0 Å². The molecule has 3 rings (SSSR count). The van der Waals surface area contributed by atoms with Gasteiger partial charge in [0.25, 0.3) is 0 Å². The van der Waals surface area contributed by atoms with Crippen LogP contribution in [-0.4, -0.2) is 5.91 Å². The number of benzene rings is 2. The molecule has 1 heterocycles. The zero-order chi connectivity index (χ0) is 15.1. The van der Waals surface area contributed by atoms with Crippen LogP contribution in [-0.2, 0) is 11.2 Å². The number of nitrogens with one attached hydrogen (secondary N) is 1. The Labute approximate surface area is 129 Å². The van der Waals surface area contributed by atoms with Gasteiger partial charge in [0.2, 0.25) is 5.91 Å². The van der Waals surface area contributed by atoms with Gasteiger partial charge in [-0.25, -0.2) is 8.78 Å². The van der Waals surface area contributed by atoms with Crippen LogP contribution in [0, 0.1) is 11.6 Å². The van der Waals surface area contributed by atoms with Crippen LogP contribution >= 0.6 is 23.2 Å². The van der Waals surface area contributed by atoms with Crippen molar-refractivity contribution in [2.24, 2.45) is 0 Å². The monoisotopic (exact) mass is 327 g/mol. The third-order valence-electron chi connectivity index (χ3n) is 3.30. The average Bonchev–Trinajstić information content (AvgIpc) is 2.75. The zero-order valence-corrected chi connectivity index (χ0v) is 12.1. The molecule has 1 aliphatic rings. The van der Waals surface area contributed by atoms with E-state index in [1.807, 2.05) is 0 Å². The lowest BCUT2D eigenvalue weighted by atomic mass is 10.0. The predicted octanol–water partition coefficient (Wildman–Crippen LogP) is 4.44. The molecule has 0 aliphatic carbocycles. The Bertz CT molecular complexity index is 728. The molecule has 0 saturated heterocycles. The Balaban J connectivity index is 2.04. The number of carbonyl (C=O) groups is 1. The first-order valence-electron chi connectivity index (χ1n) is 6.16. The highest BCUT2D eigenvalue weighted by Gasteiger charge is 2.23. The highest BCUT2D eigenvalue weighted by Crippen LogP contribution is 2.38. The molecule has 0 bridgehead atoms. The van der Waals surface area contributed by atoms with E-state index < -0.39 is 17.0 Å². The summed E-state index contributed by atoms with van der Waals surface area (Å²) < 4.78 is 26.6. The fourth-order valence-electron chi connectivity index (χ4n) is 2.36. The van der Waals surface area contributed by atoms with Gasteiger partial charge in [-0.2, -0.15) is 0 Å². The number of amides is 1. The largest absolute Gasteiger partial charge is 0.325 e. The summed E-state index contributed by atoms with van der Waals surface area (Å²) >= 11 is 12.5. The number of hydrogen-bond acceptors (Lipinski definition) is 1. The van der Waals surface area contributed by atoms with Crippen LogP contribution in [0.3, 0.4) is 0 Å². The second-order valence-corrected chi connectivity index (χ2v) is 5.66. The molecular weight excluding hydrogens is 319 g/mol. The van der Waals surface area contributed by atoms with Crippen molar-refractivity contribution in [3.8, 4) is 0 Å². The number of halogens is 4. The minimum absolute atomic E-state index is 0.124. The summed E-state index contributed by atoms with van der Waals surface area (Å²) in [5.41, 5.74) is 2.19. The van der Waals surface area contributed by atoms with Crippen molar-refractivity contribution in [3.05, 3.63) is 63.7 Å². The molecule has 0 aromatic heterocycles. The van der Waals surface area contributed by atoms with Crippen LogP contribution in [0.25, 0.3) is 0 Å². The second-order valence-electron chi connectivity index (χ2n) is 4.82. The number of alkyl halides is 1. The van der Waals surface area contributed by atoms with Gasteiger partial charge in [0.1, 0.15) is 11.6 Å². The molecule has 1 N–H and O–H groups in total. The number of carbonyl (C=O) groups excluding carboxylic acids is 1. The van der Waals surface area contributed by atoms with Crippen LogP contribution < -0.4 is 5.32 Å². The molecular formula is C15H9Cl2F2NO. The molecule has 2 aromatic carbocycles. The van der Waals surface area contributed by atoms with Crippen LogP contribution in [0.15, 0.2) is 30.3 Å². The summed E-state index contributed by atoms with van der Waals surface area (Å²) in [7, 11) is 0. The Morgan fingerprint density at radius 2 is 1.76 bits per heavy atom. The van der Waals surface area contributed by atoms with Gasteiger partial charge < -0.3 is 5.32 Å². The summed E-state index contributed by atoms with van der Waals surface area (Å²) in [5, 5.41) is 2.21. The maximum Gasteiger partial charge on any atom is 0.228 e. The fraction of sp³-hybridized carbons (Fsp3) is 0.133. The lowest BCUT2D eigenvalue weighted by Gasteiger charge is -2.14. The first-order valence-corrected chi connectivity index (χ1v) is 6.97. The predicted molar refractivity (Wildman–Crippen MR) is 77.8 cm³/mol. The maximum atomic E-state index is 13.3. The quantitative estimate of drug-likeness (QED) is 0.811. The normalized spacial score (nSPS) is 14.8. The van der Waals surface area contributed by atoms with E-state index in [4.69, 9.17) is 23.2 Å². The summed E-state index contributed by atoms with van der Waals surface area (Å²) in [4.78, 5) is 11.4. The third kappa shape index (κ3) is 2.74. The van der Waals surface area contributed by atoms with Gasteiger partial charge in [-0.05, 0) is 41.0 Å². The molecule has 1 aliphatic heterocycles. The molecule has 21 heavy (non-hydrogen) atoms. The lowest BCUT2D eigenvalue weighted by molar-refractivity contribution is -0.115. The summed E-state index contributed by atoms with van der Waals surface area (Å²) in [6.45, 7) is 0. The van der Waals surface area contributed by atoms with Crippen LogP contribution in [0.5, 0.6) is 0 Å². The van der Waals surface area contributed by atoms with E-state index in [0.29, 0.717) is 16.3 Å². The second kappa shape index (κ2) is 5.28. The Kier molecular flexibility index (Phi) is 3.59. The van der Waals surface area contributed by atoms with Crippen LogP contribution in [0.1, 0.15) is 22.1 Å². The smallest absolute Gasteiger partial charge is 0.228 e. The maximum absolute atomic E-state index is 13.3. The van der Waals surface area contributed by atoms with E-state index in [0.717, 1.165) is 23.8 Å². The molecule has 6 heteroatoms. The van der Waals surface area contributed by atoms with Crippen molar-refractivity contribution < 1.29 is 13.6 Å². The van der Waals surface area contributed by atoms with Crippen LogP contribution in [0.4, 0.5) is 14.5 Å². The number of anilines is 1. The molecule has 1 amide bonds. The standard InChI is InChI=1S/C15H9Cl2F2NO/c16-12-6-13-7(4-14(21)20-13)3-11(12)15(17)8-1-9(18)5-10(19)2-8/h1-3,5-6,15H,4H2,(H,20,21). The summed E-state index contributed by atoms with van der Waals surface area (Å²) in [5.74, 6) is -1.53. The first kappa shape index (κ1) is 14.3. The topological polar surface area (TPSA) is 29.1 Å². The molecule has 1 unspecified atom stereocenters. The van der Waals surface area contributed by atoms with Gasteiger partial charge in [-0.15, -0.1) is 11.6 Å². The number of rotatable bonds is 2. The molecule has 0 saturated carbocycles. The van der Waals surface area contributed by atoms with Gasteiger partial charge in [0, 0.05) is 16.8 Å². The SMILES string of the molecule is O=C1Cc2cc(C(Cl)c3cc(F)cc(F)c3)c(Cl)cc2N1. The molecule has 2 aromatic rings. The molecule has 108 valence electrons. The van der Waals surface area contributed by atoms with Crippen molar-refractivity contribution in [1.82, 2.24) is 0 Å². The highest BCUT2D eigenvalue weighted by atomic mass is 35.5. The Morgan fingerprint density at radius 3 is 2.43 bits per heavy atom. The van der Waals surface area contributed by atoms with Crippen molar-refractivity contribution in [2.75, 3.05) is 5.32 Å². The van der Waals surface area contributed by atoms with Crippen LogP contribution in [0.2, 0.25) is 5.02 Å². The van der Waals surface area contributed by atoms with Gasteiger partial charge >= 0.3 is 0 Å². The van der Waals surface area contributed by atoms with Crippen molar-refractivity contribution >= 4 is 34.8 Å². The van der Waals surface area contributed by atoms with Gasteiger partial charge in [-0.3, -0.25) is 4.79 Å². The first-order chi connectivity index (χ1) is 9.94. The summed E-state index contributed by atoms with van der Waals surface area (Å²) in [6, 6.07) is 6.39. The molecule has 1 atom stereocenters. The fourth-order valence-corrected chi connectivity index (χ4v) is 3.00. The number of fused-ring (bicyclic) bond motifs is 1. The lowest BCUT2D eigenvalue weighted by Crippen LogP contribution is -2.03. The Morgan fingerprint density at radius 1 is 1.10 bits per heavy atom. The van der Waals surface area contributed by atoms with E-state index in [1.54, 1.807) is 12.1 Å². The average molecular weight is 328 g/mol. The van der Waals surface area contributed by atoms with E-state index in [-0.39, 0.29) is 17.9 Å². The van der Waals surface area contributed by atoms with Crippen molar-refractivity contribution in [3.63, 3.8) is 0 Å².